The van der Waals surface area contributed by atoms with E-state index in [1.54, 1.807) is 0 Å². The van der Waals surface area contributed by atoms with E-state index in [0.29, 0.717) is 13.2 Å². The van der Waals surface area contributed by atoms with Gasteiger partial charge in [0.1, 0.15) is 24.7 Å². The summed E-state index contributed by atoms with van der Waals surface area (Å²) >= 11 is 0. The van der Waals surface area contributed by atoms with E-state index in [2.05, 4.69) is 5.32 Å². The Labute approximate surface area is 107 Å². The molecule has 3 nitrogen and oxygen atoms in total. The molecule has 1 N–H and O–H groups in total. The van der Waals surface area contributed by atoms with Crippen molar-refractivity contribution in [3.63, 3.8) is 0 Å². The summed E-state index contributed by atoms with van der Waals surface area (Å²) in [6, 6.07) is 17.6. The summed E-state index contributed by atoms with van der Waals surface area (Å²) in [5, 5.41) is 3.06. The lowest BCUT2D eigenvalue weighted by Gasteiger charge is -2.08. The van der Waals surface area contributed by atoms with Gasteiger partial charge in [-0.2, -0.15) is 0 Å². The van der Waals surface area contributed by atoms with Gasteiger partial charge in [0.05, 0.1) is 0 Å². The van der Waals surface area contributed by atoms with E-state index in [0.717, 1.165) is 17.2 Å². The zero-order valence-electron chi connectivity index (χ0n) is 10.4. The molecule has 0 aliphatic rings. The number of para-hydroxylation sites is 1. The molecule has 0 aliphatic heterocycles. The number of anilines is 1. The molecule has 18 heavy (non-hydrogen) atoms. The second kappa shape index (κ2) is 6.55. The van der Waals surface area contributed by atoms with E-state index < -0.39 is 0 Å². The predicted octanol–water partition coefficient (Wildman–Crippen LogP) is 3.19. The van der Waals surface area contributed by atoms with Gasteiger partial charge in [0, 0.05) is 12.7 Å². The summed E-state index contributed by atoms with van der Waals surface area (Å²) in [6.45, 7) is 1.07. The van der Waals surface area contributed by atoms with Crippen molar-refractivity contribution in [2.75, 3.05) is 25.6 Å². The molecule has 0 heterocycles. The van der Waals surface area contributed by atoms with Gasteiger partial charge in [0.2, 0.25) is 0 Å². The molecule has 0 bridgehead atoms. The van der Waals surface area contributed by atoms with E-state index in [1.807, 2.05) is 61.6 Å². The highest BCUT2D eigenvalue weighted by molar-refractivity contribution is 5.45. The topological polar surface area (TPSA) is 30.5 Å². The Morgan fingerprint density at radius 3 is 1.89 bits per heavy atom. The second-order valence-electron chi connectivity index (χ2n) is 3.78. The molecule has 0 aromatic heterocycles. The molecule has 0 aliphatic carbocycles. The van der Waals surface area contributed by atoms with Crippen LogP contribution in [0.1, 0.15) is 0 Å². The van der Waals surface area contributed by atoms with Crippen LogP contribution in [0.15, 0.2) is 54.6 Å². The lowest BCUT2D eigenvalue weighted by atomic mass is 10.3. The molecule has 2 aromatic rings. The Hall–Kier alpha value is -2.16. The van der Waals surface area contributed by atoms with E-state index >= 15 is 0 Å². The van der Waals surface area contributed by atoms with Crippen molar-refractivity contribution in [3.8, 4) is 11.5 Å². The number of nitrogens with one attached hydrogen (secondary N) is 1. The van der Waals surface area contributed by atoms with Crippen molar-refractivity contribution in [1.82, 2.24) is 0 Å². The Bertz CT molecular complexity index is 454. The quantitative estimate of drug-likeness (QED) is 0.790. The average Bonchev–Trinajstić information content (AvgIpc) is 2.45. The third-order valence-electron chi connectivity index (χ3n) is 2.51. The molecule has 94 valence electrons. The summed E-state index contributed by atoms with van der Waals surface area (Å²) in [7, 11) is 1.89. The fraction of sp³-hybridized carbons (Fsp3) is 0.200. The van der Waals surface area contributed by atoms with Crippen LogP contribution in [0.5, 0.6) is 11.5 Å². The minimum Gasteiger partial charge on any atom is -0.490 e. The monoisotopic (exact) mass is 243 g/mol. The van der Waals surface area contributed by atoms with Gasteiger partial charge in [-0.15, -0.1) is 0 Å². The van der Waals surface area contributed by atoms with Gasteiger partial charge in [-0.1, -0.05) is 18.2 Å². The van der Waals surface area contributed by atoms with Crippen LogP contribution in [0, 0.1) is 0 Å². The molecule has 2 aromatic carbocycles. The third kappa shape index (κ3) is 3.70. The highest BCUT2D eigenvalue weighted by Gasteiger charge is 1.95. The van der Waals surface area contributed by atoms with Crippen molar-refractivity contribution in [2.45, 2.75) is 0 Å². The number of ether oxygens (including phenoxy) is 2. The highest BCUT2D eigenvalue weighted by atomic mass is 16.5. The number of benzene rings is 2. The normalized spacial score (nSPS) is 9.83. The van der Waals surface area contributed by atoms with Gasteiger partial charge in [-0.25, -0.2) is 0 Å². The summed E-state index contributed by atoms with van der Waals surface area (Å²) in [5.41, 5.74) is 1.07. The zero-order valence-corrected chi connectivity index (χ0v) is 10.4. The molecule has 0 atom stereocenters. The molecule has 0 amide bonds. The van der Waals surface area contributed by atoms with E-state index in [-0.39, 0.29) is 0 Å². The Kier molecular flexibility index (Phi) is 4.47. The summed E-state index contributed by atoms with van der Waals surface area (Å²) in [4.78, 5) is 0. The second-order valence-corrected chi connectivity index (χ2v) is 3.78. The minimum atomic E-state index is 0.536. The molecular formula is C15H17NO2. The molecular weight excluding hydrogens is 226 g/mol. The van der Waals surface area contributed by atoms with Gasteiger partial charge in [-0.3, -0.25) is 0 Å². The van der Waals surface area contributed by atoms with Crippen molar-refractivity contribution in [2.24, 2.45) is 0 Å². The highest BCUT2D eigenvalue weighted by Crippen LogP contribution is 2.15. The maximum absolute atomic E-state index is 5.57. The lowest BCUT2D eigenvalue weighted by Crippen LogP contribution is -2.08. The fourth-order valence-corrected chi connectivity index (χ4v) is 1.55. The number of rotatable bonds is 6. The van der Waals surface area contributed by atoms with Crippen LogP contribution in [-0.2, 0) is 0 Å². The molecule has 0 saturated carbocycles. The SMILES string of the molecule is CNc1ccc(OCCOc2ccccc2)cc1. The summed E-state index contributed by atoms with van der Waals surface area (Å²) in [5.74, 6) is 1.72. The van der Waals surface area contributed by atoms with Crippen molar-refractivity contribution < 1.29 is 9.47 Å². The van der Waals surface area contributed by atoms with E-state index in [4.69, 9.17) is 9.47 Å². The molecule has 0 spiro atoms. The Morgan fingerprint density at radius 1 is 0.778 bits per heavy atom. The fourth-order valence-electron chi connectivity index (χ4n) is 1.55. The first-order valence-corrected chi connectivity index (χ1v) is 5.97. The Balaban J connectivity index is 1.72. The van der Waals surface area contributed by atoms with Crippen LogP contribution in [0.2, 0.25) is 0 Å². The van der Waals surface area contributed by atoms with Crippen LogP contribution >= 0.6 is 0 Å². The third-order valence-corrected chi connectivity index (χ3v) is 2.51. The van der Waals surface area contributed by atoms with Gasteiger partial charge >= 0.3 is 0 Å². The zero-order chi connectivity index (χ0) is 12.6. The van der Waals surface area contributed by atoms with Crippen LogP contribution in [0.25, 0.3) is 0 Å². The minimum absolute atomic E-state index is 0.536. The van der Waals surface area contributed by atoms with Crippen LogP contribution < -0.4 is 14.8 Å². The van der Waals surface area contributed by atoms with E-state index in [1.165, 1.54) is 0 Å². The molecule has 0 radical (unpaired) electrons. The smallest absolute Gasteiger partial charge is 0.122 e. The molecule has 3 heteroatoms. The first-order valence-electron chi connectivity index (χ1n) is 5.97. The van der Waals surface area contributed by atoms with Crippen LogP contribution in [0.3, 0.4) is 0 Å². The summed E-state index contributed by atoms with van der Waals surface area (Å²) < 4.78 is 11.1. The molecule has 0 unspecified atom stereocenters. The Morgan fingerprint density at radius 2 is 1.33 bits per heavy atom. The lowest BCUT2D eigenvalue weighted by molar-refractivity contribution is 0.217. The standard InChI is InChI=1S/C15H17NO2/c1-16-13-7-9-15(10-8-13)18-12-11-17-14-5-3-2-4-6-14/h2-10,16H,11-12H2,1H3. The first-order chi connectivity index (χ1) is 8.88. The summed E-state index contributed by atoms with van der Waals surface area (Å²) in [6.07, 6.45) is 0. The van der Waals surface area contributed by atoms with Gasteiger partial charge in [0.25, 0.3) is 0 Å². The van der Waals surface area contributed by atoms with Crippen molar-refractivity contribution in [1.29, 1.82) is 0 Å². The largest absolute Gasteiger partial charge is 0.490 e. The van der Waals surface area contributed by atoms with Crippen molar-refractivity contribution in [3.05, 3.63) is 54.6 Å². The van der Waals surface area contributed by atoms with Crippen LogP contribution in [-0.4, -0.2) is 20.3 Å². The first kappa shape index (κ1) is 12.3. The van der Waals surface area contributed by atoms with Crippen molar-refractivity contribution >= 4 is 5.69 Å². The molecule has 2 rings (SSSR count). The van der Waals surface area contributed by atoms with Crippen LogP contribution in [0.4, 0.5) is 5.69 Å². The number of hydrogen-bond acceptors (Lipinski definition) is 3. The van der Waals surface area contributed by atoms with E-state index in [9.17, 15) is 0 Å². The maximum Gasteiger partial charge on any atom is 0.122 e. The molecule has 0 fully saturated rings. The molecule has 0 saturated heterocycles. The van der Waals surface area contributed by atoms with Gasteiger partial charge in [-0.05, 0) is 36.4 Å². The van der Waals surface area contributed by atoms with Gasteiger partial charge in [0.15, 0.2) is 0 Å². The number of hydrogen-bond donors (Lipinski definition) is 1. The predicted molar refractivity (Wildman–Crippen MR) is 73.4 cm³/mol. The maximum atomic E-state index is 5.57. The average molecular weight is 243 g/mol. The van der Waals surface area contributed by atoms with Gasteiger partial charge < -0.3 is 14.8 Å².